The molecule has 0 spiro atoms. The molecule has 0 saturated carbocycles. The van der Waals surface area contributed by atoms with Gasteiger partial charge in [0, 0.05) is 18.9 Å². The smallest absolute Gasteiger partial charge is 0.337 e. The van der Waals surface area contributed by atoms with Crippen LogP contribution < -0.4 is 14.8 Å². The van der Waals surface area contributed by atoms with E-state index in [4.69, 9.17) is 9.88 Å². The lowest BCUT2D eigenvalue weighted by molar-refractivity contribution is -0.117. The van der Waals surface area contributed by atoms with Crippen LogP contribution in [0.1, 0.15) is 16.8 Å². The van der Waals surface area contributed by atoms with Gasteiger partial charge in [0.2, 0.25) is 15.9 Å². The Morgan fingerprint density at radius 1 is 1.39 bits per heavy atom. The van der Waals surface area contributed by atoms with Crippen LogP contribution in [0.3, 0.4) is 0 Å². The molecule has 2 rings (SSSR count). The van der Waals surface area contributed by atoms with Gasteiger partial charge in [0.25, 0.3) is 0 Å². The summed E-state index contributed by atoms with van der Waals surface area (Å²) in [4.78, 5) is 25.3. The molecule has 1 atom stereocenters. The van der Waals surface area contributed by atoms with Crippen molar-refractivity contribution in [2.45, 2.75) is 6.42 Å². The fourth-order valence-electron chi connectivity index (χ4n) is 2.60. The number of nitrogens with zero attached hydrogens (tertiary/aromatic N) is 1. The highest BCUT2D eigenvalue weighted by molar-refractivity contribution is 7.89. The molecule has 0 radical (unpaired) electrons. The first kappa shape index (κ1) is 17.2. The molecule has 9 heteroatoms. The fraction of sp³-hybridized carbons (Fsp3) is 0.429. The fourth-order valence-corrected chi connectivity index (χ4v) is 3.48. The van der Waals surface area contributed by atoms with E-state index < -0.39 is 21.9 Å². The molecule has 1 aromatic carbocycles. The number of primary sulfonamides is 1. The minimum atomic E-state index is -3.66. The van der Waals surface area contributed by atoms with Gasteiger partial charge in [0.15, 0.2) is 0 Å². The van der Waals surface area contributed by atoms with E-state index in [2.05, 4.69) is 4.74 Å². The lowest BCUT2D eigenvalue weighted by atomic mass is 10.1. The van der Waals surface area contributed by atoms with Crippen LogP contribution in [0.4, 0.5) is 5.69 Å². The third kappa shape index (κ3) is 3.99. The zero-order chi connectivity index (χ0) is 17.2. The standard InChI is InChI=1S/C14H18N2O6S/c1-21-12-4-3-10(14(18)22-2)6-11(12)16-7-9(5-13(16)17)8-23(15,19)20/h3-4,6,9H,5,7-8H2,1-2H3,(H2,15,19,20). The molecule has 1 unspecified atom stereocenters. The topological polar surface area (TPSA) is 116 Å². The number of sulfonamides is 1. The SMILES string of the molecule is COC(=O)c1ccc(OC)c(N2CC(CS(N)(=O)=O)CC2=O)c1. The van der Waals surface area contributed by atoms with E-state index >= 15 is 0 Å². The number of benzene rings is 1. The van der Waals surface area contributed by atoms with Crippen LogP contribution in [-0.2, 0) is 19.6 Å². The van der Waals surface area contributed by atoms with Gasteiger partial charge in [-0.2, -0.15) is 0 Å². The van der Waals surface area contributed by atoms with Gasteiger partial charge in [0.1, 0.15) is 5.75 Å². The number of esters is 1. The van der Waals surface area contributed by atoms with Crippen molar-refractivity contribution in [2.24, 2.45) is 11.1 Å². The van der Waals surface area contributed by atoms with Crippen LogP contribution in [0.2, 0.25) is 0 Å². The Balaban J connectivity index is 2.33. The summed E-state index contributed by atoms with van der Waals surface area (Å²) < 4.78 is 32.3. The number of carbonyl (C=O) groups excluding carboxylic acids is 2. The van der Waals surface area contributed by atoms with E-state index in [1.165, 1.54) is 31.3 Å². The number of anilines is 1. The van der Waals surface area contributed by atoms with Gasteiger partial charge >= 0.3 is 5.97 Å². The lowest BCUT2D eigenvalue weighted by Crippen LogP contribution is -2.28. The van der Waals surface area contributed by atoms with Gasteiger partial charge in [-0.05, 0) is 18.2 Å². The third-order valence-electron chi connectivity index (χ3n) is 3.56. The number of rotatable bonds is 5. The summed E-state index contributed by atoms with van der Waals surface area (Å²) in [5.74, 6) is -1.05. The van der Waals surface area contributed by atoms with E-state index in [1.54, 1.807) is 6.07 Å². The average molecular weight is 342 g/mol. The number of ether oxygens (including phenoxy) is 2. The molecular formula is C14H18N2O6S. The highest BCUT2D eigenvalue weighted by atomic mass is 32.2. The lowest BCUT2D eigenvalue weighted by Gasteiger charge is -2.20. The molecule has 1 aliphatic heterocycles. The van der Waals surface area contributed by atoms with Crippen molar-refractivity contribution in [3.05, 3.63) is 23.8 Å². The predicted octanol–water partition coefficient (Wildman–Crippen LogP) is 0.123. The van der Waals surface area contributed by atoms with Gasteiger partial charge in [0.05, 0.1) is 31.2 Å². The van der Waals surface area contributed by atoms with Crippen molar-refractivity contribution in [1.82, 2.24) is 0 Å². The maximum Gasteiger partial charge on any atom is 0.337 e. The maximum atomic E-state index is 12.2. The van der Waals surface area contributed by atoms with E-state index in [1.807, 2.05) is 0 Å². The number of hydrogen-bond acceptors (Lipinski definition) is 6. The Morgan fingerprint density at radius 2 is 2.09 bits per heavy atom. The molecule has 126 valence electrons. The van der Waals surface area contributed by atoms with Crippen LogP contribution in [0.25, 0.3) is 0 Å². The Morgan fingerprint density at radius 3 is 2.65 bits per heavy atom. The van der Waals surface area contributed by atoms with E-state index in [9.17, 15) is 18.0 Å². The zero-order valence-electron chi connectivity index (χ0n) is 12.8. The molecule has 8 nitrogen and oxygen atoms in total. The van der Waals surface area contributed by atoms with Gasteiger partial charge in [-0.1, -0.05) is 0 Å². The van der Waals surface area contributed by atoms with Crippen molar-refractivity contribution in [2.75, 3.05) is 31.4 Å². The van der Waals surface area contributed by atoms with E-state index in [0.717, 1.165) is 0 Å². The van der Waals surface area contributed by atoms with E-state index in [-0.39, 0.29) is 30.2 Å². The predicted molar refractivity (Wildman–Crippen MR) is 82.8 cm³/mol. The summed E-state index contributed by atoms with van der Waals surface area (Å²) in [5.41, 5.74) is 0.670. The highest BCUT2D eigenvalue weighted by Crippen LogP contribution is 2.34. The van der Waals surface area contributed by atoms with Crippen molar-refractivity contribution in [3.8, 4) is 5.75 Å². The molecule has 1 amide bonds. The van der Waals surface area contributed by atoms with Gasteiger partial charge < -0.3 is 14.4 Å². The number of methoxy groups -OCH3 is 2. The molecule has 0 aliphatic carbocycles. The maximum absolute atomic E-state index is 12.2. The molecule has 0 aromatic heterocycles. The van der Waals surface area contributed by atoms with Crippen LogP contribution in [0.5, 0.6) is 5.75 Å². The molecule has 2 N–H and O–H groups in total. The van der Waals surface area contributed by atoms with E-state index in [0.29, 0.717) is 11.4 Å². The molecule has 1 aromatic rings. The van der Waals surface area contributed by atoms with Crippen molar-refractivity contribution in [1.29, 1.82) is 0 Å². The van der Waals surface area contributed by atoms with Crippen molar-refractivity contribution in [3.63, 3.8) is 0 Å². The third-order valence-corrected chi connectivity index (χ3v) is 4.50. The van der Waals surface area contributed by atoms with Crippen LogP contribution in [0.15, 0.2) is 18.2 Å². The molecule has 1 heterocycles. The number of carbonyl (C=O) groups is 2. The quantitative estimate of drug-likeness (QED) is 0.760. The summed E-state index contributed by atoms with van der Waals surface area (Å²) in [6.07, 6.45) is 0.0715. The first-order valence-electron chi connectivity index (χ1n) is 6.82. The normalized spacial score (nSPS) is 18.1. The Kier molecular flexibility index (Phi) is 4.90. The Bertz CT molecular complexity index is 731. The zero-order valence-corrected chi connectivity index (χ0v) is 13.6. The Labute approximate surface area is 134 Å². The summed E-state index contributed by atoms with van der Waals surface area (Å²) in [5, 5.41) is 5.04. The van der Waals surface area contributed by atoms with Crippen LogP contribution in [-0.4, -0.2) is 46.8 Å². The second kappa shape index (κ2) is 6.55. The number of amides is 1. The van der Waals surface area contributed by atoms with Gasteiger partial charge in [-0.15, -0.1) is 0 Å². The van der Waals surface area contributed by atoms with Crippen molar-refractivity contribution < 1.29 is 27.5 Å². The molecule has 23 heavy (non-hydrogen) atoms. The molecule has 1 fully saturated rings. The summed E-state index contributed by atoms with van der Waals surface area (Å²) in [6, 6.07) is 4.57. The summed E-state index contributed by atoms with van der Waals surface area (Å²) in [6.45, 7) is 0.191. The largest absolute Gasteiger partial charge is 0.495 e. The van der Waals surface area contributed by atoms with Crippen LogP contribution in [0, 0.1) is 5.92 Å². The summed E-state index contributed by atoms with van der Waals surface area (Å²) >= 11 is 0. The van der Waals surface area contributed by atoms with Crippen molar-refractivity contribution >= 4 is 27.6 Å². The Hall–Kier alpha value is -2.13. The molecule has 0 bridgehead atoms. The molecule has 1 aliphatic rings. The molecular weight excluding hydrogens is 324 g/mol. The second-order valence-corrected chi connectivity index (χ2v) is 6.94. The number of nitrogens with two attached hydrogens (primary N) is 1. The highest BCUT2D eigenvalue weighted by Gasteiger charge is 2.34. The second-order valence-electron chi connectivity index (χ2n) is 5.28. The minimum Gasteiger partial charge on any atom is -0.495 e. The summed E-state index contributed by atoms with van der Waals surface area (Å²) in [7, 11) is -0.959. The minimum absolute atomic E-state index is 0.0715. The monoisotopic (exact) mass is 342 g/mol. The first-order chi connectivity index (χ1) is 10.7. The van der Waals surface area contributed by atoms with Gasteiger partial charge in [-0.3, -0.25) is 4.79 Å². The molecule has 1 saturated heterocycles. The average Bonchev–Trinajstić information content (AvgIpc) is 2.83. The van der Waals surface area contributed by atoms with Crippen LogP contribution >= 0.6 is 0 Å². The first-order valence-corrected chi connectivity index (χ1v) is 8.54. The number of hydrogen-bond donors (Lipinski definition) is 1. The van der Waals surface area contributed by atoms with Gasteiger partial charge in [-0.25, -0.2) is 18.4 Å².